The fraction of sp³-hybridized carbons (Fsp3) is 0.590. The van der Waals surface area contributed by atoms with Gasteiger partial charge in [0.2, 0.25) is 0 Å². The standard InChI is InChI=1S/C35H50N2O2.2C2H4O2.Co/c1-9-26-13-24(18-33(3,4)5)15-28(31(26)38)21-36-30-17-23-11-12-35(30,20-23)37-22-29-16-25(19-34(6,7)8)14-27(10-2)32(29)39;2*1-2(3)4;/h13-16,21-23,30,38-39H,9-12,17-20H2,1-8H3;2*1H3,(H,3,4);/q;;;+2/p-2. The molecule has 3 unspecified atom stereocenters. The summed E-state index contributed by atoms with van der Waals surface area (Å²) in [5.41, 5.74) is 6.22. The van der Waals surface area contributed by atoms with Crippen molar-refractivity contribution in [2.45, 2.75) is 132 Å². The van der Waals surface area contributed by atoms with E-state index in [0.29, 0.717) is 17.4 Å². The van der Waals surface area contributed by atoms with Crippen LogP contribution in [0.1, 0.15) is 128 Å². The Hall–Kier alpha value is -3.17. The zero-order valence-electron chi connectivity index (χ0n) is 30.5. The third-order valence-corrected chi connectivity index (χ3v) is 8.45. The SMILES string of the molecule is CC(=O)[O-].CC(=O)[O-].CCc1cc(CC(C)(C)C)cc(C=NC2CC3CCC2(N=Cc2cc(CC(C)(C)C)cc(CC)c2O)C3)c1O.[Co+2]. The van der Waals surface area contributed by atoms with Crippen LogP contribution in [0.2, 0.25) is 0 Å². The molecule has 2 bridgehead atoms. The molecule has 0 spiro atoms. The van der Waals surface area contributed by atoms with Crippen molar-refractivity contribution in [2.24, 2.45) is 26.7 Å². The van der Waals surface area contributed by atoms with Gasteiger partial charge in [0, 0.05) is 35.5 Å². The van der Waals surface area contributed by atoms with Crippen LogP contribution in [0.5, 0.6) is 11.5 Å². The average Bonchev–Trinajstić information content (AvgIpc) is 3.49. The Kier molecular flexibility index (Phi) is 16.1. The van der Waals surface area contributed by atoms with E-state index in [4.69, 9.17) is 29.8 Å². The molecular formula is C39H56CoN2O6. The molecule has 2 aromatic carbocycles. The minimum absolute atomic E-state index is 0. The zero-order chi connectivity index (χ0) is 35.7. The van der Waals surface area contributed by atoms with Crippen molar-refractivity contribution in [3.05, 3.63) is 57.6 Å². The molecule has 2 fully saturated rings. The largest absolute Gasteiger partial charge is 2.00 e. The van der Waals surface area contributed by atoms with Gasteiger partial charge < -0.3 is 30.0 Å². The molecular weight excluding hydrogens is 651 g/mol. The third kappa shape index (κ3) is 13.4. The third-order valence-electron chi connectivity index (χ3n) is 8.45. The number of aliphatic imine (C=N–C) groups is 2. The number of aromatic hydroxyl groups is 2. The Morgan fingerprint density at radius 2 is 1.25 bits per heavy atom. The van der Waals surface area contributed by atoms with E-state index >= 15 is 0 Å². The number of fused-ring (bicyclic) bond motifs is 2. The quantitative estimate of drug-likeness (QED) is 0.334. The van der Waals surface area contributed by atoms with Gasteiger partial charge in [0.05, 0.1) is 11.6 Å². The topological polar surface area (TPSA) is 145 Å². The number of carbonyl (C=O) groups is 2. The Bertz CT molecular complexity index is 1430. The molecule has 2 aromatic rings. The first kappa shape index (κ1) is 42.8. The van der Waals surface area contributed by atoms with Crippen molar-refractivity contribution in [3.8, 4) is 11.5 Å². The van der Waals surface area contributed by atoms with Crippen molar-refractivity contribution in [3.63, 3.8) is 0 Å². The molecule has 48 heavy (non-hydrogen) atoms. The predicted octanol–water partition coefficient (Wildman–Crippen LogP) is 5.76. The van der Waals surface area contributed by atoms with Crippen LogP contribution in [-0.2, 0) is 52.1 Å². The number of carbonyl (C=O) groups excluding carboxylic acids is 2. The Labute approximate surface area is 298 Å². The number of benzene rings is 2. The van der Waals surface area contributed by atoms with Gasteiger partial charge in [-0.1, -0.05) is 67.5 Å². The van der Waals surface area contributed by atoms with Gasteiger partial charge in [-0.15, -0.1) is 0 Å². The van der Waals surface area contributed by atoms with Crippen molar-refractivity contribution >= 4 is 24.4 Å². The predicted molar refractivity (Wildman–Crippen MR) is 186 cm³/mol. The van der Waals surface area contributed by atoms with Crippen molar-refractivity contribution in [1.82, 2.24) is 0 Å². The number of phenolic OH excluding ortho intramolecular Hbond substituents is 2. The smallest absolute Gasteiger partial charge is 0.550 e. The van der Waals surface area contributed by atoms with Crippen molar-refractivity contribution in [1.29, 1.82) is 0 Å². The van der Waals surface area contributed by atoms with Gasteiger partial charge in [0.15, 0.2) is 0 Å². The number of aliphatic carboxylic acids is 2. The van der Waals surface area contributed by atoms with E-state index in [9.17, 15) is 10.2 Å². The number of rotatable bonds is 8. The van der Waals surface area contributed by atoms with Gasteiger partial charge >= 0.3 is 16.8 Å². The van der Waals surface area contributed by atoms with Gasteiger partial charge in [-0.2, -0.15) is 0 Å². The second-order valence-corrected chi connectivity index (χ2v) is 15.6. The van der Waals surface area contributed by atoms with Gasteiger partial charge in [-0.05, 0) is 116 Å². The second-order valence-electron chi connectivity index (χ2n) is 15.6. The molecule has 4 rings (SSSR count). The van der Waals surface area contributed by atoms with Crippen LogP contribution in [-0.4, -0.2) is 46.2 Å². The minimum atomic E-state index is -1.08. The first-order valence-corrected chi connectivity index (χ1v) is 16.8. The molecule has 2 aliphatic carbocycles. The van der Waals surface area contributed by atoms with E-state index < -0.39 is 11.9 Å². The number of hydrogen-bond acceptors (Lipinski definition) is 8. The number of nitrogens with zero attached hydrogens (tertiary/aromatic N) is 2. The second kappa shape index (κ2) is 18.0. The molecule has 0 heterocycles. The molecule has 2 saturated carbocycles. The molecule has 0 amide bonds. The number of phenols is 2. The Balaban J connectivity index is 0.00000115. The van der Waals surface area contributed by atoms with E-state index in [1.807, 2.05) is 12.4 Å². The molecule has 9 heteroatoms. The Morgan fingerprint density at radius 3 is 1.62 bits per heavy atom. The molecule has 2 aliphatic rings. The first-order chi connectivity index (χ1) is 21.7. The summed E-state index contributed by atoms with van der Waals surface area (Å²) < 4.78 is 0. The molecule has 0 aromatic heterocycles. The summed E-state index contributed by atoms with van der Waals surface area (Å²) in [5, 5.41) is 39.8. The molecule has 0 saturated heterocycles. The monoisotopic (exact) mass is 707 g/mol. The minimum Gasteiger partial charge on any atom is -0.550 e. The molecule has 0 aliphatic heterocycles. The molecule has 267 valence electrons. The van der Waals surface area contributed by atoms with Crippen LogP contribution < -0.4 is 10.2 Å². The van der Waals surface area contributed by atoms with Crippen LogP contribution in [0.4, 0.5) is 0 Å². The van der Waals surface area contributed by atoms with E-state index in [1.165, 1.54) is 17.5 Å². The van der Waals surface area contributed by atoms with Crippen LogP contribution in [0.15, 0.2) is 34.3 Å². The maximum absolute atomic E-state index is 11.0. The van der Waals surface area contributed by atoms with Gasteiger partial charge in [0.1, 0.15) is 11.5 Å². The summed E-state index contributed by atoms with van der Waals surface area (Å²) in [7, 11) is 0. The fourth-order valence-electron chi connectivity index (χ4n) is 6.71. The molecule has 3 atom stereocenters. The average molecular weight is 708 g/mol. The fourth-order valence-corrected chi connectivity index (χ4v) is 6.71. The van der Waals surface area contributed by atoms with Crippen molar-refractivity contribution in [2.75, 3.05) is 0 Å². The summed E-state index contributed by atoms with van der Waals surface area (Å²) in [5.74, 6) is -0.814. The number of aryl methyl sites for hydroxylation is 2. The summed E-state index contributed by atoms with van der Waals surface area (Å²) >= 11 is 0. The van der Waals surface area contributed by atoms with E-state index in [0.717, 1.165) is 81.0 Å². The van der Waals surface area contributed by atoms with Crippen molar-refractivity contribution < 1.29 is 46.8 Å². The number of carboxylic acids is 2. The number of carboxylic acid groups (broad SMARTS) is 2. The van der Waals surface area contributed by atoms with Crippen LogP contribution in [0, 0.1) is 16.7 Å². The Morgan fingerprint density at radius 1 is 0.833 bits per heavy atom. The maximum atomic E-state index is 11.0. The number of hydrogen-bond donors (Lipinski definition) is 2. The zero-order valence-corrected chi connectivity index (χ0v) is 31.6. The van der Waals surface area contributed by atoms with Crippen LogP contribution in [0.25, 0.3) is 0 Å². The summed E-state index contributed by atoms with van der Waals surface area (Å²) in [4.78, 5) is 28.1. The normalized spacial score (nSPS) is 20.1. The summed E-state index contributed by atoms with van der Waals surface area (Å²) in [6.07, 6.45) is 11.6. The molecule has 8 nitrogen and oxygen atoms in total. The van der Waals surface area contributed by atoms with Gasteiger partial charge in [-0.25, -0.2) is 0 Å². The van der Waals surface area contributed by atoms with E-state index in [1.54, 1.807) is 0 Å². The summed E-state index contributed by atoms with van der Waals surface area (Å²) in [6, 6.07) is 8.61. The van der Waals surface area contributed by atoms with Crippen LogP contribution in [0.3, 0.4) is 0 Å². The first-order valence-electron chi connectivity index (χ1n) is 16.8. The summed E-state index contributed by atoms with van der Waals surface area (Å²) in [6.45, 7) is 19.6. The van der Waals surface area contributed by atoms with Gasteiger partial charge in [0.25, 0.3) is 0 Å². The van der Waals surface area contributed by atoms with Gasteiger partial charge in [-0.3, -0.25) is 9.98 Å². The maximum Gasteiger partial charge on any atom is 2.00 e. The molecule has 1 radical (unpaired) electrons. The van der Waals surface area contributed by atoms with E-state index in [2.05, 4.69) is 79.7 Å². The van der Waals surface area contributed by atoms with Crippen LogP contribution >= 0.6 is 0 Å². The molecule has 2 N–H and O–H groups in total. The van der Waals surface area contributed by atoms with E-state index in [-0.39, 0.29) is 39.2 Å².